The molecule has 2 nitrogen and oxygen atoms in total. The Hall–Kier alpha value is -1.36. The first-order chi connectivity index (χ1) is 7.91. The summed E-state index contributed by atoms with van der Waals surface area (Å²) in [5.74, 6) is -0.371. The van der Waals surface area contributed by atoms with Crippen LogP contribution < -0.4 is 0 Å². The predicted octanol–water partition coefficient (Wildman–Crippen LogP) is 3.37. The van der Waals surface area contributed by atoms with Crippen molar-refractivity contribution in [1.29, 1.82) is 0 Å². The fourth-order valence-electron chi connectivity index (χ4n) is 1.60. The molecule has 1 rings (SSSR count). The molecular formula is C12H13F3O2. The van der Waals surface area contributed by atoms with Crippen LogP contribution in [0.25, 0.3) is 0 Å². The zero-order valence-corrected chi connectivity index (χ0v) is 9.54. The largest absolute Gasteiger partial charge is 0.416 e. The van der Waals surface area contributed by atoms with Crippen LogP contribution in [-0.2, 0) is 15.7 Å². The highest BCUT2D eigenvalue weighted by Crippen LogP contribution is 2.35. The number of ether oxygens (including phenoxy) is 1. The van der Waals surface area contributed by atoms with E-state index in [2.05, 4.69) is 0 Å². The fraction of sp³-hybridized carbons (Fsp3) is 0.417. The lowest BCUT2D eigenvalue weighted by atomic mass is 9.98. The van der Waals surface area contributed by atoms with Crippen LogP contribution in [0, 0.1) is 0 Å². The third-order valence-electron chi connectivity index (χ3n) is 2.43. The van der Waals surface area contributed by atoms with E-state index in [4.69, 9.17) is 4.74 Å². The van der Waals surface area contributed by atoms with Crippen LogP contribution in [0.5, 0.6) is 0 Å². The second-order valence-corrected chi connectivity index (χ2v) is 3.52. The van der Waals surface area contributed by atoms with Crippen molar-refractivity contribution < 1.29 is 22.7 Å². The number of methoxy groups -OCH3 is 1. The van der Waals surface area contributed by atoms with Crippen LogP contribution in [0.3, 0.4) is 0 Å². The molecule has 1 unspecified atom stereocenters. The van der Waals surface area contributed by atoms with E-state index in [0.717, 1.165) is 6.07 Å². The lowest BCUT2D eigenvalue weighted by Gasteiger charge is -2.19. The van der Waals surface area contributed by atoms with E-state index in [0.29, 0.717) is 0 Å². The summed E-state index contributed by atoms with van der Waals surface area (Å²) in [6.07, 6.45) is -5.51. The summed E-state index contributed by atoms with van der Waals surface area (Å²) in [4.78, 5) is 11.5. The third-order valence-corrected chi connectivity index (χ3v) is 2.43. The first-order valence-corrected chi connectivity index (χ1v) is 5.13. The summed E-state index contributed by atoms with van der Waals surface area (Å²) in [5, 5.41) is 0. The highest BCUT2D eigenvalue weighted by atomic mass is 19.4. The van der Waals surface area contributed by atoms with Crippen molar-refractivity contribution in [2.75, 3.05) is 7.11 Å². The highest BCUT2D eigenvalue weighted by Gasteiger charge is 2.36. The van der Waals surface area contributed by atoms with Crippen molar-refractivity contribution in [3.05, 3.63) is 35.4 Å². The molecule has 0 radical (unpaired) electrons. The number of ketones is 1. The Bertz CT molecular complexity index is 399. The minimum Gasteiger partial charge on any atom is -0.369 e. The van der Waals surface area contributed by atoms with Crippen molar-refractivity contribution >= 4 is 5.78 Å². The van der Waals surface area contributed by atoms with Gasteiger partial charge in [-0.15, -0.1) is 0 Å². The molecule has 0 spiro atoms. The van der Waals surface area contributed by atoms with Crippen LogP contribution in [0.2, 0.25) is 0 Å². The van der Waals surface area contributed by atoms with E-state index in [-0.39, 0.29) is 17.8 Å². The van der Waals surface area contributed by atoms with Gasteiger partial charge in [-0.25, -0.2) is 0 Å². The second kappa shape index (κ2) is 5.31. The monoisotopic (exact) mass is 246 g/mol. The molecule has 94 valence electrons. The lowest BCUT2D eigenvalue weighted by molar-refractivity contribution is -0.140. The average molecular weight is 246 g/mol. The maximum atomic E-state index is 12.7. The Balaban J connectivity index is 3.25. The molecule has 0 heterocycles. The number of carbonyl (C=O) groups excluding carboxylic acids is 1. The number of hydrogen-bond acceptors (Lipinski definition) is 2. The number of hydrogen-bond donors (Lipinski definition) is 0. The average Bonchev–Trinajstić information content (AvgIpc) is 2.29. The van der Waals surface area contributed by atoms with Gasteiger partial charge in [0.05, 0.1) is 5.56 Å². The minimum atomic E-state index is -4.48. The molecule has 0 fully saturated rings. The quantitative estimate of drug-likeness (QED) is 0.814. The standard InChI is InChI=1S/C12H13F3O2/c1-3-10(16)11(17-2)8-6-4-5-7-9(8)12(13,14)15/h4-7,11H,3H2,1-2H3. The van der Waals surface area contributed by atoms with Crippen molar-refractivity contribution in [3.8, 4) is 0 Å². The van der Waals surface area contributed by atoms with Gasteiger partial charge in [-0.1, -0.05) is 25.1 Å². The van der Waals surface area contributed by atoms with Crippen LogP contribution >= 0.6 is 0 Å². The molecule has 0 aliphatic rings. The molecule has 0 aliphatic carbocycles. The number of halogens is 3. The van der Waals surface area contributed by atoms with Gasteiger partial charge in [0.2, 0.25) is 0 Å². The van der Waals surface area contributed by atoms with Gasteiger partial charge in [0, 0.05) is 19.1 Å². The smallest absolute Gasteiger partial charge is 0.369 e. The molecule has 0 amide bonds. The zero-order valence-electron chi connectivity index (χ0n) is 9.54. The van der Waals surface area contributed by atoms with Gasteiger partial charge in [-0.3, -0.25) is 4.79 Å². The molecule has 0 N–H and O–H groups in total. The fourth-order valence-corrected chi connectivity index (χ4v) is 1.60. The number of benzene rings is 1. The summed E-state index contributed by atoms with van der Waals surface area (Å²) >= 11 is 0. The molecule has 0 bridgehead atoms. The molecule has 17 heavy (non-hydrogen) atoms. The van der Waals surface area contributed by atoms with Crippen molar-refractivity contribution in [2.24, 2.45) is 0 Å². The van der Waals surface area contributed by atoms with Crippen LogP contribution in [-0.4, -0.2) is 12.9 Å². The van der Waals surface area contributed by atoms with Crippen LogP contribution in [0.4, 0.5) is 13.2 Å². The van der Waals surface area contributed by atoms with Gasteiger partial charge >= 0.3 is 6.18 Å². The van der Waals surface area contributed by atoms with E-state index in [1.165, 1.54) is 25.3 Å². The van der Waals surface area contributed by atoms with Crippen LogP contribution in [0.15, 0.2) is 24.3 Å². The summed E-state index contributed by atoms with van der Waals surface area (Å²) < 4.78 is 43.1. The van der Waals surface area contributed by atoms with Gasteiger partial charge in [0.25, 0.3) is 0 Å². The maximum Gasteiger partial charge on any atom is 0.416 e. The molecular weight excluding hydrogens is 233 g/mol. The van der Waals surface area contributed by atoms with E-state index >= 15 is 0 Å². The topological polar surface area (TPSA) is 26.3 Å². The molecule has 0 saturated carbocycles. The van der Waals surface area contributed by atoms with E-state index in [1.54, 1.807) is 6.92 Å². The molecule has 0 aromatic heterocycles. The van der Waals surface area contributed by atoms with Crippen molar-refractivity contribution in [2.45, 2.75) is 25.6 Å². The maximum absolute atomic E-state index is 12.7. The lowest BCUT2D eigenvalue weighted by Crippen LogP contribution is -2.19. The molecule has 1 aromatic rings. The number of carbonyl (C=O) groups is 1. The van der Waals surface area contributed by atoms with E-state index in [1.807, 2.05) is 0 Å². The van der Waals surface area contributed by atoms with Crippen molar-refractivity contribution in [1.82, 2.24) is 0 Å². The van der Waals surface area contributed by atoms with E-state index in [9.17, 15) is 18.0 Å². The molecule has 0 aliphatic heterocycles. The van der Waals surface area contributed by atoms with Gasteiger partial charge in [0.15, 0.2) is 5.78 Å². The number of rotatable bonds is 4. The summed E-state index contributed by atoms with van der Waals surface area (Å²) in [6, 6.07) is 4.96. The zero-order chi connectivity index (χ0) is 13.1. The minimum absolute atomic E-state index is 0.130. The Morgan fingerprint density at radius 3 is 2.41 bits per heavy atom. The van der Waals surface area contributed by atoms with Crippen molar-refractivity contribution in [3.63, 3.8) is 0 Å². The SMILES string of the molecule is CCC(=O)C(OC)c1ccccc1C(F)(F)F. The summed E-state index contributed by atoms with van der Waals surface area (Å²) in [6.45, 7) is 1.59. The number of alkyl halides is 3. The van der Waals surface area contributed by atoms with Crippen LogP contribution in [0.1, 0.15) is 30.6 Å². The first-order valence-electron chi connectivity index (χ1n) is 5.13. The van der Waals surface area contributed by atoms with E-state index < -0.39 is 17.8 Å². The van der Waals surface area contributed by atoms with Gasteiger partial charge in [0.1, 0.15) is 6.10 Å². The molecule has 1 atom stereocenters. The normalized spacial score (nSPS) is 13.5. The molecule has 0 saturated heterocycles. The van der Waals surface area contributed by atoms with Gasteiger partial charge < -0.3 is 4.74 Å². The third kappa shape index (κ3) is 3.06. The number of Topliss-reactive ketones (excluding diaryl/α,β-unsaturated/α-hetero) is 1. The summed E-state index contributed by atoms with van der Waals surface area (Å²) in [5.41, 5.74) is -0.956. The Morgan fingerprint density at radius 2 is 1.94 bits per heavy atom. The Kier molecular flexibility index (Phi) is 4.28. The Morgan fingerprint density at radius 1 is 1.35 bits per heavy atom. The Labute approximate surface area is 97.4 Å². The second-order valence-electron chi connectivity index (χ2n) is 3.52. The molecule has 5 heteroatoms. The van der Waals surface area contributed by atoms with Gasteiger partial charge in [-0.05, 0) is 6.07 Å². The summed E-state index contributed by atoms with van der Waals surface area (Å²) in [7, 11) is 1.23. The highest BCUT2D eigenvalue weighted by molar-refractivity contribution is 5.84. The predicted molar refractivity (Wildman–Crippen MR) is 56.5 cm³/mol. The van der Waals surface area contributed by atoms with Gasteiger partial charge in [-0.2, -0.15) is 13.2 Å². The molecule has 1 aromatic carbocycles. The first kappa shape index (κ1) is 13.7.